The van der Waals surface area contributed by atoms with Gasteiger partial charge in [-0.3, -0.25) is 14.2 Å². The van der Waals surface area contributed by atoms with E-state index in [1.807, 2.05) is 20.8 Å². The Balaban J connectivity index is 1.79. The topological polar surface area (TPSA) is 89.9 Å². The first kappa shape index (κ1) is 22.0. The van der Waals surface area contributed by atoms with Gasteiger partial charge in [0.15, 0.2) is 5.16 Å². The zero-order chi connectivity index (χ0) is 22.3. The lowest BCUT2D eigenvalue weighted by molar-refractivity contribution is 0.183. The van der Waals surface area contributed by atoms with Crippen molar-refractivity contribution in [2.75, 3.05) is 13.7 Å². The summed E-state index contributed by atoms with van der Waals surface area (Å²) in [5.41, 5.74) is 1.18. The Hall–Kier alpha value is -2.20. The molecule has 0 fully saturated rings. The Bertz CT molecular complexity index is 1410. The number of hydrogen-bond acceptors (Lipinski definition) is 7. The van der Waals surface area contributed by atoms with Crippen LogP contribution < -0.4 is 11.1 Å². The second-order valence-corrected chi connectivity index (χ2v) is 10.1. The number of H-pyrrole nitrogens is 1. The van der Waals surface area contributed by atoms with Crippen molar-refractivity contribution < 1.29 is 4.74 Å². The van der Waals surface area contributed by atoms with Crippen molar-refractivity contribution in [3.05, 3.63) is 60.2 Å². The molecule has 0 aliphatic rings. The fourth-order valence-electron chi connectivity index (χ4n) is 3.32. The highest BCUT2D eigenvalue weighted by atomic mass is 35.5. The average Bonchev–Trinajstić information content (AvgIpc) is 3.01. The van der Waals surface area contributed by atoms with Crippen molar-refractivity contribution >= 4 is 55.8 Å². The van der Waals surface area contributed by atoms with Gasteiger partial charge in [-0.05, 0) is 44.5 Å². The molecule has 0 saturated heterocycles. The predicted molar refractivity (Wildman–Crippen MR) is 127 cm³/mol. The average molecular weight is 477 g/mol. The molecule has 1 aromatic carbocycles. The Morgan fingerprint density at radius 1 is 1.29 bits per heavy atom. The molecule has 10 heteroatoms. The number of thioether (sulfide) groups is 1. The maximum atomic E-state index is 13.1. The maximum Gasteiger partial charge on any atom is 0.262 e. The van der Waals surface area contributed by atoms with Crippen molar-refractivity contribution in [3.63, 3.8) is 0 Å². The number of methoxy groups -OCH3 is 1. The molecule has 0 bridgehead atoms. The Morgan fingerprint density at radius 2 is 2.06 bits per heavy atom. The van der Waals surface area contributed by atoms with E-state index in [9.17, 15) is 9.59 Å². The van der Waals surface area contributed by atoms with Crippen LogP contribution in [0.2, 0.25) is 5.02 Å². The van der Waals surface area contributed by atoms with E-state index in [4.69, 9.17) is 16.3 Å². The highest BCUT2D eigenvalue weighted by Crippen LogP contribution is 2.34. The number of aryl methyl sites for hydroxylation is 2. The number of ether oxygens (including phenoxy) is 1. The molecule has 4 aromatic rings. The number of benzene rings is 1. The molecule has 31 heavy (non-hydrogen) atoms. The minimum Gasteiger partial charge on any atom is -0.383 e. The van der Waals surface area contributed by atoms with Crippen molar-refractivity contribution in [1.82, 2.24) is 19.5 Å². The van der Waals surface area contributed by atoms with Crippen molar-refractivity contribution in [2.45, 2.75) is 37.7 Å². The monoisotopic (exact) mass is 476 g/mol. The van der Waals surface area contributed by atoms with Gasteiger partial charge in [0, 0.05) is 17.0 Å². The SMILES string of the molecule is COCCn1c(S[C@H](C)c2nc3sc(C)c(C)c3c(=O)[nH]2)nc2cc(Cl)ccc2c1=O. The molecule has 0 aliphatic heterocycles. The molecule has 3 heterocycles. The van der Waals surface area contributed by atoms with Crippen LogP contribution in [-0.4, -0.2) is 33.2 Å². The van der Waals surface area contributed by atoms with E-state index in [0.29, 0.717) is 45.4 Å². The van der Waals surface area contributed by atoms with Crippen molar-refractivity contribution in [1.29, 1.82) is 0 Å². The van der Waals surface area contributed by atoms with Gasteiger partial charge < -0.3 is 9.72 Å². The molecule has 162 valence electrons. The molecule has 0 saturated carbocycles. The summed E-state index contributed by atoms with van der Waals surface area (Å²) < 4.78 is 6.77. The van der Waals surface area contributed by atoms with Gasteiger partial charge in [-0.1, -0.05) is 23.4 Å². The molecule has 0 amide bonds. The van der Waals surface area contributed by atoms with E-state index < -0.39 is 0 Å². The van der Waals surface area contributed by atoms with E-state index in [0.717, 1.165) is 15.3 Å². The lowest BCUT2D eigenvalue weighted by atomic mass is 10.2. The second-order valence-electron chi connectivity index (χ2n) is 7.18. The minimum absolute atomic E-state index is 0.149. The zero-order valence-electron chi connectivity index (χ0n) is 17.5. The Labute approximate surface area is 191 Å². The smallest absolute Gasteiger partial charge is 0.262 e. The number of aromatic amines is 1. The number of thiophene rings is 1. The fraction of sp³-hybridized carbons (Fsp3) is 0.333. The van der Waals surface area contributed by atoms with E-state index in [2.05, 4.69) is 15.0 Å². The number of fused-ring (bicyclic) bond motifs is 2. The van der Waals surface area contributed by atoms with Crippen LogP contribution >= 0.6 is 34.7 Å². The lowest BCUT2D eigenvalue weighted by Crippen LogP contribution is -2.25. The van der Waals surface area contributed by atoms with Crippen LogP contribution in [0.4, 0.5) is 0 Å². The third kappa shape index (κ3) is 4.15. The van der Waals surface area contributed by atoms with Crippen LogP contribution in [0.25, 0.3) is 21.1 Å². The molecule has 7 nitrogen and oxygen atoms in total. The summed E-state index contributed by atoms with van der Waals surface area (Å²) in [4.78, 5) is 39.8. The summed E-state index contributed by atoms with van der Waals surface area (Å²) in [6.07, 6.45) is 0. The first-order valence-electron chi connectivity index (χ1n) is 9.65. The summed E-state index contributed by atoms with van der Waals surface area (Å²) in [6.45, 7) is 6.58. The molecule has 0 aliphatic carbocycles. The van der Waals surface area contributed by atoms with Crippen molar-refractivity contribution in [3.8, 4) is 0 Å². The Morgan fingerprint density at radius 3 is 2.81 bits per heavy atom. The van der Waals surface area contributed by atoms with Gasteiger partial charge in [-0.2, -0.15) is 0 Å². The molecule has 3 aromatic heterocycles. The number of hydrogen-bond donors (Lipinski definition) is 1. The lowest BCUT2D eigenvalue weighted by Gasteiger charge is -2.16. The van der Waals surface area contributed by atoms with Crippen LogP contribution in [-0.2, 0) is 11.3 Å². The summed E-state index contributed by atoms with van der Waals surface area (Å²) in [6, 6.07) is 5.04. The third-order valence-electron chi connectivity index (χ3n) is 5.13. The number of nitrogens with one attached hydrogen (secondary N) is 1. The molecule has 1 atom stereocenters. The summed E-state index contributed by atoms with van der Waals surface area (Å²) >= 11 is 8.98. The van der Waals surface area contributed by atoms with Gasteiger partial charge >= 0.3 is 0 Å². The van der Waals surface area contributed by atoms with Crippen molar-refractivity contribution in [2.24, 2.45) is 0 Å². The van der Waals surface area contributed by atoms with Gasteiger partial charge in [-0.15, -0.1) is 11.3 Å². The molecule has 4 rings (SSSR count). The number of rotatable bonds is 6. The summed E-state index contributed by atoms with van der Waals surface area (Å²) in [5.74, 6) is 0.544. The molecule has 1 N–H and O–H groups in total. The molecule has 0 unspecified atom stereocenters. The standard InChI is InChI=1S/C21H21ClN4O3S2/c1-10-11(2)30-19-16(10)18(27)24-17(25-19)12(3)31-21-23-15-9-13(22)5-6-14(15)20(28)26(21)7-8-29-4/h5-6,9,12H,7-8H2,1-4H3,(H,24,25,27)/t12-/m1/s1. The number of nitrogens with zero attached hydrogens (tertiary/aromatic N) is 3. The predicted octanol–water partition coefficient (Wildman–Crippen LogP) is 4.46. The van der Waals surface area contributed by atoms with Gasteiger partial charge in [0.1, 0.15) is 10.7 Å². The zero-order valence-corrected chi connectivity index (χ0v) is 19.9. The summed E-state index contributed by atoms with van der Waals surface area (Å²) in [7, 11) is 1.59. The first-order chi connectivity index (χ1) is 14.8. The number of halogens is 1. The van der Waals surface area contributed by atoms with Gasteiger partial charge in [0.2, 0.25) is 0 Å². The fourth-order valence-corrected chi connectivity index (χ4v) is 5.52. The van der Waals surface area contributed by atoms with Gasteiger partial charge in [0.05, 0.1) is 34.7 Å². The van der Waals surface area contributed by atoms with Gasteiger partial charge in [-0.25, -0.2) is 9.97 Å². The highest BCUT2D eigenvalue weighted by Gasteiger charge is 2.19. The third-order valence-corrected chi connectivity index (χ3v) is 7.56. The molecular formula is C21H21ClN4O3S2. The first-order valence-corrected chi connectivity index (χ1v) is 11.7. The molecule has 0 spiro atoms. The largest absolute Gasteiger partial charge is 0.383 e. The van der Waals surface area contributed by atoms with E-state index in [1.54, 1.807) is 29.9 Å². The minimum atomic E-state index is -0.239. The maximum absolute atomic E-state index is 13.1. The quantitative estimate of drug-likeness (QED) is 0.326. The van der Waals surface area contributed by atoms with E-state index in [1.165, 1.54) is 23.1 Å². The summed E-state index contributed by atoms with van der Waals surface area (Å²) in [5, 5.41) is 1.93. The van der Waals surface area contributed by atoms with Crippen LogP contribution in [0.5, 0.6) is 0 Å². The van der Waals surface area contributed by atoms with E-state index >= 15 is 0 Å². The van der Waals surface area contributed by atoms with E-state index in [-0.39, 0.29) is 16.4 Å². The number of aromatic nitrogens is 4. The normalized spacial score (nSPS) is 12.7. The van der Waals surface area contributed by atoms with Crippen LogP contribution in [0.3, 0.4) is 0 Å². The van der Waals surface area contributed by atoms with Gasteiger partial charge in [0.25, 0.3) is 11.1 Å². The molecular weight excluding hydrogens is 456 g/mol. The Kier molecular flexibility index (Phi) is 6.20. The van der Waals surface area contributed by atoms with Crippen LogP contribution in [0.15, 0.2) is 32.9 Å². The van der Waals surface area contributed by atoms with Crippen LogP contribution in [0, 0.1) is 13.8 Å². The van der Waals surface area contributed by atoms with Crippen LogP contribution in [0.1, 0.15) is 28.4 Å². The molecule has 0 radical (unpaired) electrons. The highest BCUT2D eigenvalue weighted by molar-refractivity contribution is 7.99. The second kappa shape index (κ2) is 8.74.